The van der Waals surface area contributed by atoms with Crippen LogP contribution < -0.4 is 0 Å². The van der Waals surface area contributed by atoms with Gasteiger partial charge in [0.2, 0.25) is 10.7 Å². The molecular weight excluding hydrogens is 168 g/mol. The van der Waals surface area contributed by atoms with E-state index in [-0.39, 0.29) is 5.25 Å². The molecule has 1 unspecified atom stereocenters. The Balaban J connectivity index is 3.46. The lowest BCUT2D eigenvalue weighted by molar-refractivity contribution is 0.346. The van der Waals surface area contributed by atoms with Crippen molar-refractivity contribution in [2.45, 2.75) is 19.1 Å². The second-order valence-electron chi connectivity index (χ2n) is 1.56. The molecule has 0 aromatic rings. The number of thioether (sulfide) groups is 1. The van der Waals surface area contributed by atoms with Crippen LogP contribution in [0.25, 0.3) is 0 Å². The molecule has 2 nitrogen and oxygen atoms in total. The lowest BCUT2D eigenvalue weighted by Crippen LogP contribution is -2.04. The van der Waals surface area contributed by atoms with Gasteiger partial charge in [-0.1, -0.05) is 11.8 Å². The minimum absolute atomic E-state index is 0.223. The third-order valence-electron chi connectivity index (χ3n) is 0.701. The van der Waals surface area contributed by atoms with Crippen LogP contribution in [0.1, 0.15) is 13.8 Å². The number of ether oxygens (including phenoxy) is 1. The maximum Gasteiger partial charge on any atom is 0.220 e. The number of carbonyl (C=O) groups excluding carboxylic acids is 1. The van der Waals surface area contributed by atoms with Crippen LogP contribution in [0, 0.1) is 0 Å². The molecule has 10 heavy (non-hydrogen) atoms. The van der Waals surface area contributed by atoms with Gasteiger partial charge in [-0.15, -0.1) is 0 Å². The zero-order chi connectivity index (χ0) is 7.98. The van der Waals surface area contributed by atoms with Crippen molar-refractivity contribution in [2.75, 3.05) is 6.61 Å². The van der Waals surface area contributed by atoms with Crippen LogP contribution in [-0.4, -0.2) is 22.5 Å². The molecule has 0 spiro atoms. The van der Waals surface area contributed by atoms with Crippen molar-refractivity contribution in [1.29, 1.82) is 0 Å². The van der Waals surface area contributed by atoms with Gasteiger partial charge in [0.05, 0.1) is 11.9 Å². The van der Waals surface area contributed by atoms with Gasteiger partial charge in [-0.05, 0) is 26.1 Å². The molecule has 0 fully saturated rings. The summed E-state index contributed by atoms with van der Waals surface area (Å²) in [6.45, 7) is 4.13. The van der Waals surface area contributed by atoms with E-state index in [1.807, 2.05) is 6.92 Å². The van der Waals surface area contributed by atoms with Crippen molar-refractivity contribution in [3.63, 3.8) is 0 Å². The SMILES string of the molecule is CCOC(=S)SC(C)[C]=O. The van der Waals surface area contributed by atoms with Crippen molar-refractivity contribution in [2.24, 2.45) is 0 Å². The molecule has 0 aliphatic rings. The molecule has 0 aliphatic carbocycles. The fourth-order valence-corrected chi connectivity index (χ4v) is 1.39. The predicted octanol–water partition coefficient (Wildman–Crippen LogP) is 1.54. The first-order valence-electron chi connectivity index (χ1n) is 2.91. The first-order valence-corrected chi connectivity index (χ1v) is 4.20. The van der Waals surface area contributed by atoms with Crippen LogP contribution in [0.15, 0.2) is 0 Å². The van der Waals surface area contributed by atoms with E-state index in [1.54, 1.807) is 13.2 Å². The molecule has 0 bridgehead atoms. The highest BCUT2D eigenvalue weighted by Crippen LogP contribution is 2.11. The number of rotatable bonds is 3. The van der Waals surface area contributed by atoms with E-state index in [2.05, 4.69) is 0 Å². The molecule has 0 rings (SSSR count). The summed E-state index contributed by atoms with van der Waals surface area (Å²) in [5, 5.41) is -0.223. The number of thiocarbonyl (C=S) groups is 1. The quantitative estimate of drug-likeness (QED) is 0.611. The van der Waals surface area contributed by atoms with E-state index in [0.717, 1.165) is 0 Å². The standard InChI is InChI=1S/C6H9O2S2/c1-3-8-6(9)10-5(2)4-7/h5H,3H2,1-2H3. The Bertz CT molecular complexity index is 125. The van der Waals surface area contributed by atoms with Crippen molar-refractivity contribution in [3.8, 4) is 0 Å². The second-order valence-corrected chi connectivity index (χ2v) is 3.50. The molecule has 4 heteroatoms. The van der Waals surface area contributed by atoms with Crippen LogP contribution in [0.3, 0.4) is 0 Å². The summed E-state index contributed by atoms with van der Waals surface area (Å²) in [5.74, 6) is 0. The molecule has 0 aromatic carbocycles. The second kappa shape index (κ2) is 5.68. The Morgan fingerprint density at radius 1 is 1.90 bits per heavy atom. The van der Waals surface area contributed by atoms with Crippen LogP contribution >= 0.6 is 24.0 Å². The summed E-state index contributed by atoms with van der Waals surface area (Å²) < 4.78 is 5.35. The Hall–Kier alpha value is -0.0900. The summed E-state index contributed by atoms with van der Waals surface area (Å²) in [4.78, 5) is 9.98. The highest BCUT2D eigenvalue weighted by molar-refractivity contribution is 8.23. The van der Waals surface area contributed by atoms with Gasteiger partial charge in [0.15, 0.2) is 0 Å². The van der Waals surface area contributed by atoms with E-state index < -0.39 is 0 Å². The van der Waals surface area contributed by atoms with E-state index in [4.69, 9.17) is 17.0 Å². The molecular formula is C6H9O2S2. The largest absolute Gasteiger partial charge is 0.479 e. The average molecular weight is 177 g/mol. The van der Waals surface area contributed by atoms with Gasteiger partial charge in [-0.3, -0.25) is 4.79 Å². The van der Waals surface area contributed by atoms with Crippen molar-refractivity contribution >= 4 is 34.6 Å². The smallest absolute Gasteiger partial charge is 0.220 e. The molecule has 57 valence electrons. The molecule has 0 aliphatic heterocycles. The Morgan fingerprint density at radius 2 is 2.50 bits per heavy atom. The van der Waals surface area contributed by atoms with Gasteiger partial charge in [0.25, 0.3) is 0 Å². The fraction of sp³-hybridized carbons (Fsp3) is 0.667. The molecule has 0 N–H and O–H groups in total. The molecule has 1 radical (unpaired) electrons. The number of hydrogen-bond acceptors (Lipinski definition) is 4. The molecule has 0 saturated carbocycles. The Kier molecular flexibility index (Phi) is 5.63. The van der Waals surface area contributed by atoms with Crippen molar-refractivity contribution in [3.05, 3.63) is 0 Å². The van der Waals surface area contributed by atoms with Crippen LogP contribution in [0.5, 0.6) is 0 Å². The lowest BCUT2D eigenvalue weighted by atomic mass is 10.5. The zero-order valence-corrected chi connectivity index (χ0v) is 7.55. The van der Waals surface area contributed by atoms with E-state index in [9.17, 15) is 4.79 Å². The highest BCUT2D eigenvalue weighted by Gasteiger charge is 2.05. The molecule has 0 aromatic heterocycles. The summed E-state index contributed by atoms with van der Waals surface area (Å²) in [6.07, 6.45) is 1.80. The van der Waals surface area contributed by atoms with Gasteiger partial charge in [0, 0.05) is 0 Å². The van der Waals surface area contributed by atoms with Crippen molar-refractivity contribution < 1.29 is 9.53 Å². The fourth-order valence-electron chi connectivity index (χ4n) is 0.320. The van der Waals surface area contributed by atoms with Gasteiger partial charge >= 0.3 is 0 Å². The van der Waals surface area contributed by atoms with Gasteiger partial charge in [-0.2, -0.15) is 0 Å². The molecule has 0 heterocycles. The third-order valence-corrected chi connectivity index (χ3v) is 1.87. The van der Waals surface area contributed by atoms with Gasteiger partial charge in [-0.25, -0.2) is 0 Å². The molecule has 1 atom stereocenters. The summed E-state index contributed by atoms with van der Waals surface area (Å²) in [5.41, 5.74) is 0. The minimum atomic E-state index is -0.223. The van der Waals surface area contributed by atoms with Gasteiger partial charge in [0.1, 0.15) is 0 Å². The summed E-state index contributed by atoms with van der Waals surface area (Å²) in [6, 6.07) is 0. The lowest BCUT2D eigenvalue weighted by Gasteiger charge is -2.03. The Labute approximate surface area is 70.3 Å². The summed E-state index contributed by atoms with van der Waals surface area (Å²) >= 11 is 5.97. The van der Waals surface area contributed by atoms with E-state index in [1.165, 1.54) is 11.8 Å². The Morgan fingerprint density at radius 3 is 2.90 bits per heavy atom. The first kappa shape index (κ1) is 9.91. The van der Waals surface area contributed by atoms with Crippen LogP contribution in [0.2, 0.25) is 0 Å². The predicted molar refractivity (Wildman–Crippen MR) is 47.0 cm³/mol. The van der Waals surface area contributed by atoms with E-state index in [0.29, 0.717) is 11.0 Å². The van der Waals surface area contributed by atoms with Crippen molar-refractivity contribution in [1.82, 2.24) is 0 Å². The molecule has 0 saturated heterocycles. The average Bonchev–Trinajstić information content (AvgIpc) is 1.88. The van der Waals surface area contributed by atoms with Crippen LogP contribution in [-0.2, 0) is 9.53 Å². The maximum atomic E-state index is 9.98. The monoisotopic (exact) mass is 177 g/mol. The summed E-state index contributed by atoms with van der Waals surface area (Å²) in [7, 11) is 0. The minimum Gasteiger partial charge on any atom is -0.479 e. The topological polar surface area (TPSA) is 26.3 Å². The van der Waals surface area contributed by atoms with Gasteiger partial charge < -0.3 is 4.74 Å². The normalized spacial score (nSPS) is 12.2. The molecule has 0 amide bonds. The maximum absolute atomic E-state index is 9.98. The third kappa shape index (κ3) is 4.76. The number of hydrogen-bond donors (Lipinski definition) is 0. The zero-order valence-electron chi connectivity index (χ0n) is 5.92. The first-order chi connectivity index (χ1) is 4.70. The highest BCUT2D eigenvalue weighted by atomic mass is 32.2. The van der Waals surface area contributed by atoms with E-state index >= 15 is 0 Å². The van der Waals surface area contributed by atoms with Crippen LogP contribution in [0.4, 0.5) is 0 Å².